The highest BCUT2D eigenvalue weighted by atomic mass is 16.6. The van der Waals surface area contributed by atoms with Gasteiger partial charge in [-0.2, -0.15) is 0 Å². The van der Waals surface area contributed by atoms with Gasteiger partial charge in [-0.3, -0.25) is 4.79 Å². The number of likely N-dealkylation sites (tertiary alicyclic amines) is 1. The van der Waals surface area contributed by atoms with E-state index in [1.165, 1.54) is 20.3 Å². The summed E-state index contributed by atoms with van der Waals surface area (Å²) in [5, 5.41) is 0. The van der Waals surface area contributed by atoms with Crippen LogP contribution in [0.4, 0.5) is 0 Å². The zero-order valence-corrected chi connectivity index (χ0v) is 16.1. The van der Waals surface area contributed by atoms with Crippen molar-refractivity contribution in [3.63, 3.8) is 0 Å². The van der Waals surface area contributed by atoms with Gasteiger partial charge in [0.05, 0.1) is 14.2 Å². The number of hydrogen-bond acceptors (Lipinski definition) is 6. The van der Waals surface area contributed by atoms with Gasteiger partial charge in [0.15, 0.2) is 11.5 Å². The fraction of sp³-hybridized carbons (Fsp3) is 0.450. The second-order valence-electron chi connectivity index (χ2n) is 6.53. The van der Waals surface area contributed by atoms with Gasteiger partial charge >= 0.3 is 11.9 Å². The number of ether oxygens (including phenoxy) is 3. The summed E-state index contributed by atoms with van der Waals surface area (Å²) in [7, 11) is 2.76. The SMILES string of the molecule is COC(=O)/C=C/c1ccc(OC(=O)C2CCCN2C(=O)C(C)C)c(OC)c1. The number of amides is 1. The van der Waals surface area contributed by atoms with Gasteiger partial charge in [-0.05, 0) is 36.6 Å². The summed E-state index contributed by atoms with van der Waals surface area (Å²) < 4.78 is 15.3. The van der Waals surface area contributed by atoms with Crippen molar-refractivity contribution in [1.82, 2.24) is 4.90 Å². The highest BCUT2D eigenvalue weighted by molar-refractivity contribution is 5.88. The highest BCUT2D eigenvalue weighted by Gasteiger charge is 2.36. The van der Waals surface area contributed by atoms with Crippen molar-refractivity contribution in [2.24, 2.45) is 5.92 Å². The number of esters is 2. The minimum absolute atomic E-state index is 0.0512. The first-order valence-corrected chi connectivity index (χ1v) is 8.83. The van der Waals surface area contributed by atoms with Crippen LogP contribution >= 0.6 is 0 Å². The van der Waals surface area contributed by atoms with Crippen LogP contribution < -0.4 is 9.47 Å². The smallest absolute Gasteiger partial charge is 0.334 e. The van der Waals surface area contributed by atoms with E-state index in [0.29, 0.717) is 24.3 Å². The van der Waals surface area contributed by atoms with Gasteiger partial charge in [-0.25, -0.2) is 9.59 Å². The van der Waals surface area contributed by atoms with Gasteiger partial charge in [0.2, 0.25) is 5.91 Å². The fourth-order valence-corrected chi connectivity index (χ4v) is 2.89. The molecule has 1 aliphatic rings. The van der Waals surface area contributed by atoms with Crippen molar-refractivity contribution in [1.29, 1.82) is 0 Å². The molecule has 1 atom stereocenters. The molecular formula is C20H25NO6. The predicted octanol–water partition coefficient (Wildman–Crippen LogP) is 2.43. The molecule has 0 N–H and O–H groups in total. The van der Waals surface area contributed by atoms with Crippen molar-refractivity contribution < 1.29 is 28.6 Å². The van der Waals surface area contributed by atoms with E-state index in [9.17, 15) is 14.4 Å². The maximum absolute atomic E-state index is 12.6. The maximum atomic E-state index is 12.6. The Hall–Kier alpha value is -2.83. The number of nitrogens with zero attached hydrogens (tertiary/aromatic N) is 1. The first-order valence-electron chi connectivity index (χ1n) is 8.83. The van der Waals surface area contributed by atoms with Crippen LogP contribution in [0.25, 0.3) is 6.08 Å². The van der Waals surface area contributed by atoms with Crippen LogP contribution in [0.3, 0.4) is 0 Å². The molecular weight excluding hydrogens is 350 g/mol. The molecule has 0 saturated carbocycles. The number of rotatable bonds is 6. The second-order valence-corrected chi connectivity index (χ2v) is 6.53. The van der Waals surface area contributed by atoms with Gasteiger partial charge in [0, 0.05) is 18.5 Å². The van der Waals surface area contributed by atoms with Crippen LogP contribution in [0.2, 0.25) is 0 Å². The standard InChI is InChI=1S/C20H25NO6/c1-13(2)19(23)21-11-5-6-15(21)20(24)27-16-9-7-14(12-17(16)25-3)8-10-18(22)26-4/h7-10,12-13,15H,5-6,11H2,1-4H3/b10-8+. The number of methoxy groups -OCH3 is 2. The lowest BCUT2D eigenvalue weighted by Crippen LogP contribution is -2.44. The molecule has 7 heteroatoms. The largest absolute Gasteiger partial charge is 0.493 e. The molecule has 0 radical (unpaired) electrons. The molecule has 1 saturated heterocycles. The topological polar surface area (TPSA) is 82.1 Å². The van der Waals surface area contributed by atoms with Crippen molar-refractivity contribution in [2.75, 3.05) is 20.8 Å². The molecule has 0 aliphatic carbocycles. The zero-order chi connectivity index (χ0) is 20.0. The molecule has 0 aromatic heterocycles. The normalized spacial score (nSPS) is 16.6. The Balaban J connectivity index is 2.14. The van der Waals surface area contributed by atoms with Crippen LogP contribution in [-0.2, 0) is 19.1 Å². The molecule has 0 spiro atoms. The summed E-state index contributed by atoms with van der Waals surface area (Å²) >= 11 is 0. The molecule has 1 amide bonds. The van der Waals surface area contributed by atoms with Crippen LogP contribution in [0.1, 0.15) is 32.3 Å². The van der Waals surface area contributed by atoms with E-state index in [1.807, 2.05) is 13.8 Å². The Kier molecular flexibility index (Phi) is 6.98. The van der Waals surface area contributed by atoms with Gasteiger partial charge in [-0.1, -0.05) is 19.9 Å². The van der Waals surface area contributed by atoms with Crippen LogP contribution in [-0.4, -0.2) is 49.6 Å². The second kappa shape index (κ2) is 9.21. The lowest BCUT2D eigenvalue weighted by molar-refractivity contribution is -0.147. The van der Waals surface area contributed by atoms with E-state index in [1.54, 1.807) is 29.2 Å². The third kappa shape index (κ3) is 5.09. The summed E-state index contributed by atoms with van der Waals surface area (Å²) in [6.45, 7) is 4.18. The van der Waals surface area contributed by atoms with E-state index in [0.717, 1.165) is 6.42 Å². The Morgan fingerprint density at radius 1 is 1.19 bits per heavy atom. The minimum atomic E-state index is -0.580. The minimum Gasteiger partial charge on any atom is -0.493 e. The average molecular weight is 375 g/mol. The molecule has 2 rings (SSSR count). The van der Waals surface area contributed by atoms with E-state index < -0.39 is 18.0 Å². The Bertz CT molecular complexity index is 740. The third-order valence-corrected chi connectivity index (χ3v) is 4.31. The van der Waals surface area contributed by atoms with Crippen LogP contribution in [0.15, 0.2) is 24.3 Å². The van der Waals surface area contributed by atoms with Crippen LogP contribution in [0.5, 0.6) is 11.5 Å². The molecule has 1 aliphatic heterocycles. The third-order valence-electron chi connectivity index (χ3n) is 4.31. The molecule has 1 fully saturated rings. The zero-order valence-electron chi connectivity index (χ0n) is 16.1. The van der Waals surface area contributed by atoms with E-state index in [4.69, 9.17) is 9.47 Å². The van der Waals surface area contributed by atoms with Gasteiger partial charge in [0.1, 0.15) is 6.04 Å². The van der Waals surface area contributed by atoms with Crippen molar-refractivity contribution in [3.8, 4) is 11.5 Å². The Labute approximate surface area is 158 Å². The molecule has 0 bridgehead atoms. The fourth-order valence-electron chi connectivity index (χ4n) is 2.89. The van der Waals surface area contributed by atoms with Crippen LogP contribution in [0, 0.1) is 5.92 Å². The van der Waals surface area contributed by atoms with Gasteiger partial charge < -0.3 is 19.1 Å². The first-order chi connectivity index (χ1) is 12.9. The van der Waals surface area contributed by atoms with Crippen molar-refractivity contribution in [2.45, 2.75) is 32.7 Å². The molecule has 1 aromatic carbocycles. The molecule has 7 nitrogen and oxygen atoms in total. The van der Waals surface area contributed by atoms with Gasteiger partial charge in [-0.15, -0.1) is 0 Å². The molecule has 1 heterocycles. The number of carbonyl (C=O) groups is 3. The quantitative estimate of drug-likeness (QED) is 0.431. The molecule has 146 valence electrons. The summed E-state index contributed by atoms with van der Waals surface area (Å²) in [5.41, 5.74) is 0.689. The number of hydrogen-bond donors (Lipinski definition) is 0. The number of benzene rings is 1. The lowest BCUT2D eigenvalue weighted by Gasteiger charge is -2.25. The van der Waals surface area contributed by atoms with Gasteiger partial charge in [0.25, 0.3) is 0 Å². The molecule has 27 heavy (non-hydrogen) atoms. The Morgan fingerprint density at radius 2 is 1.93 bits per heavy atom. The average Bonchev–Trinajstić information content (AvgIpc) is 3.15. The van der Waals surface area contributed by atoms with E-state index in [2.05, 4.69) is 4.74 Å². The summed E-state index contributed by atoms with van der Waals surface area (Å²) in [6, 6.07) is 4.35. The summed E-state index contributed by atoms with van der Waals surface area (Å²) in [6.07, 6.45) is 4.21. The highest BCUT2D eigenvalue weighted by Crippen LogP contribution is 2.30. The monoisotopic (exact) mass is 375 g/mol. The summed E-state index contributed by atoms with van der Waals surface area (Å²) in [4.78, 5) is 37.7. The van der Waals surface area contributed by atoms with Crippen molar-refractivity contribution in [3.05, 3.63) is 29.8 Å². The lowest BCUT2D eigenvalue weighted by atomic mass is 10.1. The predicted molar refractivity (Wildman–Crippen MR) is 99.3 cm³/mol. The molecule has 1 aromatic rings. The molecule has 1 unspecified atom stereocenters. The maximum Gasteiger partial charge on any atom is 0.334 e. The van der Waals surface area contributed by atoms with Crippen molar-refractivity contribution >= 4 is 23.9 Å². The number of carbonyl (C=O) groups excluding carboxylic acids is 3. The Morgan fingerprint density at radius 3 is 2.56 bits per heavy atom. The van der Waals surface area contributed by atoms with E-state index >= 15 is 0 Å². The summed E-state index contributed by atoms with van der Waals surface area (Å²) in [5.74, 6) is -0.548. The van der Waals surface area contributed by atoms with E-state index in [-0.39, 0.29) is 17.6 Å². The first kappa shape index (κ1) is 20.5.